The van der Waals surface area contributed by atoms with E-state index in [0.717, 1.165) is 11.4 Å². The van der Waals surface area contributed by atoms with Crippen molar-refractivity contribution in [2.24, 2.45) is 0 Å². The van der Waals surface area contributed by atoms with E-state index < -0.39 is 0 Å². The molecule has 0 spiro atoms. The van der Waals surface area contributed by atoms with Crippen LogP contribution in [0.2, 0.25) is 0 Å². The standard InChI is InChI=1S/C70H52N2/c1-69(2)59-22-10-14-26-63(59)71(64-27-15-11-23-60(64)69)53-37-39-56-57(43-53)67(51-34-30-46-20-8-9-21-47(46)41-51)55-38-36-54(72-65-28-16-12-24-61(65)70(3,4)62-25-13-17-29-66(62)72)44-58(55)68(56)52-35-33-49-40-48(31-32-50(49)42-52)45-18-6-5-7-19-45/h5-44H,1-4H3. The molecule has 0 aromatic heterocycles. The molecule has 0 N–H and O–H groups in total. The Morgan fingerprint density at radius 3 is 1.06 bits per heavy atom. The van der Waals surface area contributed by atoms with Gasteiger partial charge >= 0.3 is 0 Å². The summed E-state index contributed by atoms with van der Waals surface area (Å²) in [6.07, 6.45) is 0. The maximum atomic E-state index is 2.50. The molecule has 14 rings (SSSR count). The summed E-state index contributed by atoms with van der Waals surface area (Å²) >= 11 is 0. The van der Waals surface area contributed by atoms with Crippen molar-refractivity contribution in [3.8, 4) is 33.4 Å². The second-order valence-corrected chi connectivity index (χ2v) is 20.9. The highest BCUT2D eigenvalue weighted by Crippen LogP contribution is 2.56. The van der Waals surface area contributed by atoms with Crippen molar-refractivity contribution in [1.29, 1.82) is 0 Å². The molecule has 12 aromatic carbocycles. The summed E-state index contributed by atoms with van der Waals surface area (Å²) in [4.78, 5) is 5.00. The zero-order valence-electron chi connectivity index (χ0n) is 41.0. The van der Waals surface area contributed by atoms with Gasteiger partial charge in [-0.2, -0.15) is 0 Å². The van der Waals surface area contributed by atoms with Gasteiger partial charge in [-0.3, -0.25) is 0 Å². The maximum Gasteiger partial charge on any atom is 0.0502 e. The Hall–Kier alpha value is -8.72. The molecule has 0 saturated carbocycles. The van der Waals surface area contributed by atoms with E-state index >= 15 is 0 Å². The molecule has 72 heavy (non-hydrogen) atoms. The van der Waals surface area contributed by atoms with Crippen LogP contribution >= 0.6 is 0 Å². The topological polar surface area (TPSA) is 6.48 Å². The van der Waals surface area contributed by atoms with E-state index in [9.17, 15) is 0 Å². The Morgan fingerprint density at radius 2 is 0.597 bits per heavy atom. The second kappa shape index (κ2) is 15.9. The minimum absolute atomic E-state index is 0.166. The number of anilines is 6. The number of hydrogen-bond acceptors (Lipinski definition) is 2. The van der Waals surface area contributed by atoms with Crippen LogP contribution in [0, 0.1) is 0 Å². The third kappa shape index (κ3) is 6.35. The van der Waals surface area contributed by atoms with Crippen LogP contribution in [-0.2, 0) is 10.8 Å². The molecule has 0 saturated heterocycles. The van der Waals surface area contributed by atoms with Crippen LogP contribution in [-0.4, -0.2) is 0 Å². The summed E-state index contributed by atoms with van der Waals surface area (Å²) < 4.78 is 0. The van der Waals surface area contributed by atoms with Crippen LogP contribution in [0.4, 0.5) is 34.1 Å². The SMILES string of the molecule is CC1(C)c2ccccc2N(c2ccc3c(-c4ccc5cc(-c6ccccc6)ccc5c4)c4cc(N5c6ccccc6C(C)(C)c6ccccc65)ccc4c(-c4ccc5ccccc5c4)c3c2)c2ccccc21. The molecule has 0 bridgehead atoms. The first-order chi connectivity index (χ1) is 35.2. The van der Waals surface area contributed by atoms with E-state index in [1.54, 1.807) is 0 Å². The van der Waals surface area contributed by atoms with Crippen molar-refractivity contribution >= 4 is 77.2 Å². The van der Waals surface area contributed by atoms with Gasteiger partial charge < -0.3 is 9.80 Å². The molecule has 0 fully saturated rings. The minimum Gasteiger partial charge on any atom is -0.310 e. The lowest BCUT2D eigenvalue weighted by atomic mass is 9.73. The average Bonchev–Trinajstić information content (AvgIpc) is 3.42. The van der Waals surface area contributed by atoms with Crippen molar-refractivity contribution < 1.29 is 0 Å². The highest BCUT2D eigenvalue weighted by molar-refractivity contribution is 6.23. The van der Waals surface area contributed by atoms with Crippen LogP contribution in [0.1, 0.15) is 49.9 Å². The normalized spacial score (nSPS) is 14.3. The van der Waals surface area contributed by atoms with Crippen molar-refractivity contribution in [3.63, 3.8) is 0 Å². The van der Waals surface area contributed by atoms with Crippen molar-refractivity contribution in [3.05, 3.63) is 265 Å². The van der Waals surface area contributed by atoms with E-state index in [2.05, 4.69) is 280 Å². The predicted octanol–water partition coefficient (Wildman–Crippen LogP) is 19.5. The summed E-state index contributed by atoms with van der Waals surface area (Å²) in [6, 6.07) is 90.9. The molecule has 2 aliphatic rings. The molecule has 0 aliphatic carbocycles. The quantitative estimate of drug-likeness (QED) is 0.159. The molecular formula is C70H52N2. The fourth-order valence-electron chi connectivity index (χ4n) is 12.6. The first kappa shape index (κ1) is 42.2. The van der Waals surface area contributed by atoms with E-state index in [-0.39, 0.29) is 10.8 Å². The van der Waals surface area contributed by atoms with Gasteiger partial charge in [0.05, 0.1) is 22.7 Å². The molecular weight excluding hydrogens is 869 g/mol. The molecule has 2 aliphatic heterocycles. The van der Waals surface area contributed by atoms with E-state index in [0.29, 0.717) is 0 Å². The molecule has 2 heteroatoms. The second-order valence-electron chi connectivity index (χ2n) is 20.9. The smallest absolute Gasteiger partial charge is 0.0502 e. The van der Waals surface area contributed by atoms with Crippen LogP contribution < -0.4 is 9.80 Å². The Labute approximate surface area is 421 Å². The molecule has 12 aromatic rings. The lowest BCUT2D eigenvalue weighted by Crippen LogP contribution is -2.30. The molecule has 0 atom stereocenters. The Bertz CT molecular complexity index is 4080. The largest absolute Gasteiger partial charge is 0.310 e. The first-order valence-electron chi connectivity index (χ1n) is 25.3. The predicted molar refractivity (Wildman–Crippen MR) is 306 cm³/mol. The van der Waals surface area contributed by atoms with Gasteiger partial charge in [0.1, 0.15) is 0 Å². The number of nitrogens with zero attached hydrogens (tertiary/aromatic N) is 2. The van der Waals surface area contributed by atoms with Gasteiger partial charge in [-0.25, -0.2) is 0 Å². The van der Waals surface area contributed by atoms with Gasteiger partial charge in [0.25, 0.3) is 0 Å². The van der Waals surface area contributed by atoms with Crippen LogP contribution in [0.25, 0.3) is 76.5 Å². The minimum atomic E-state index is -0.167. The molecule has 0 unspecified atom stereocenters. The zero-order chi connectivity index (χ0) is 48.3. The third-order valence-corrected chi connectivity index (χ3v) is 16.1. The molecule has 0 amide bonds. The van der Waals surface area contributed by atoms with Gasteiger partial charge in [0, 0.05) is 22.2 Å². The van der Waals surface area contributed by atoms with Crippen LogP contribution in [0.3, 0.4) is 0 Å². The lowest BCUT2D eigenvalue weighted by Gasteiger charge is -2.42. The first-order valence-corrected chi connectivity index (χ1v) is 25.3. The van der Waals surface area contributed by atoms with E-state index in [4.69, 9.17) is 0 Å². The molecule has 2 heterocycles. The van der Waals surface area contributed by atoms with Crippen molar-refractivity contribution in [2.75, 3.05) is 9.80 Å². The van der Waals surface area contributed by atoms with Gasteiger partial charge in [-0.05, 0) is 165 Å². The number of fused-ring (bicyclic) bond motifs is 8. The van der Waals surface area contributed by atoms with Gasteiger partial charge in [-0.1, -0.05) is 204 Å². The number of para-hydroxylation sites is 4. The molecule has 0 radical (unpaired) electrons. The maximum absolute atomic E-state index is 2.50. The van der Waals surface area contributed by atoms with Gasteiger partial charge in [-0.15, -0.1) is 0 Å². The monoisotopic (exact) mass is 920 g/mol. The summed E-state index contributed by atoms with van der Waals surface area (Å²) in [5.74, 6) is 0. The summed E-state index contributed by atoms with van der Waals surface area (Å²) in [5, 5.41) is 9.75. The average molecular weight is 921 g/mol. The zero-order valence-corrected chi connectivity index (χ0v) is 41.0. The lowest BCUT2D eigenvalue weighted by molar-refractivity contribution is 0.632. The number of rotatable bonds is 5. The van der Waals surface area contributed by atoms with Crippen molar-refractivity contribution in [2.45, 2.75) is 38.5 Å². The highest BCUT2D eigenvalue weighted by atomic mass is 15.2. The van der Waals surface area contributed by atoms with Gasteiger partial charge in [0.2, 0.25) is 0 Å². The van der Waals surface area contributed by atoms with E-state index in [1.807, 2.05) is 0 Å². The number of hydrogen-bond donors (Lipinski definition) is 0. The highest BCUT2D eigenvalue weighted by Gasteiger charge is 2.38. The van der Waals surface area contributed by atoms with E-state index in [1.165, 1.54) is 121 Å². The summed E-state index contributed by atoms with van der Waals surface area (Å²) in [7, 11) is 0. The number of benzene rings is 12. The molecule has 2 nitrogen and oxygen atoms in total. The Balaban J connectivity index is 1.08. The van der Waals surface area contributed by atoms with Crippen molar-refractivity contribution in [1.82, 2.24) is 0 Å². The van der Waals surface area contributed by atoms with Crippen LogP contribution in [0.5, 0.6) is 0 Å². The molecule has 342 valence electrons. The Morgan fingerprint density at radius 1 is 0.250 bits per heavy atom. The van der Waals surface area contributed by atoms with Crippen LogP contribution in [0.15, 0.2) is 243 Å². The van der Waals surface area contributed by atoms with Gasteiger partial charge in [0.15, 0.2) is 0 Å². The fraction of sp³-hybridized carbons (Fsp3) is 0.0857. The fourth-order valence-corrected chi connectivity index (χ4v) is 12.6. The summed E-state index contributed by atoms with van der Waals surface area (Å²) in [5.41, 5.74) is 19.4. The third-order valence-electron chi connectivity index (χ3n) is 16.1. The Kier molecular flexibility index (Phi) is 9.32. The summed E-state index contributed by atoms with van der Waals surface area (Å²) in [6.45, 7) is 9.45.